The van der Waals surface area contributed by atoms with Crippen LogP contribution in [0.25, 0.3) is 16.6 Å². The lowest BCUT2D eigenvalue weighted by molar-refractivity contribution is 0.0638. The highest BCUT2D eigenvalue weighted by molar-refractivity contribution is 6.21. The van der Waals surface area contributed by atoms with E-state index in [-0.39, 0.29) is 18.4 Å². The summed E-state index contributed by atoms with van der Waals surface area (Å²) in [5, 5.41) is 5.22. The van der Waals surface area contributed by atoms with Gasteiger partial charge in [0.2, 0.25) is 0 Å². The monoisotopic (exact) mass is 329 g/mol. The van der Waals surface area contributed by atoms with E-state index in [2.05, 4.69) is 15.1 Å². The Labute approximate surface area is 141 Å². The van der Waals surface area contributed by atoms with Crippen LogP contribution in [0.4, 0.5) is 0 Å². The fourth-order valence-corrected chi connectivity index (χ4v) is 3.12. The number of para-hydroxylation sites is 1. The number of amides is 2. The van der Waals surface area contributed by atoms with Crippen molar-refractivity contribution in [2.75, 3.05) is 0 Å². The molecule has 0 bridgehead atoms. The number of hydrogen-bond donors (Lipinski definition) is 0. The minimum atomic E-state index is -0.317. The molecule has 2 aromatic carbocycles. The van der Waals surface area contributed by atoms with E-state index >= 15 is 0 Å². The van der Waals surface area contributed by atoms with Gasteiger partial charge in [0.05, 0.1) is 23.2 Å². The SMILES string of the molecule is O=C1c2ccccc2C(=O)N1Cc1nc2c3ccccc3ncn2n1. The number of benzene rings is 2. The van der Waals surface area contributed by atoms with E-state index in [1.807, 2.05) is 24.3 Å². The number of fused-ring (bicyclic) bond motifs is 4. The smallest absolute Gasteiger partial charge is 0.261 e. The van der Waals surface area contributed by atoms with Crippen molar-refractivity contribution in [2.45, 2.75) is 6.54 Å². The molecule has 2 amide bonds. The Kier molecular flexibility index (Phi) is 2.73. The lowest BCUT2D eigenvalue weighted by Gasteiger charge is -2.10. The number of rotatable bonds is 2. The first-order chi connectivity index (χ1) is 12.2. The minimum absolute atomic E-state index is 0.0301. The Balaban J connectivity index is 1.56. The van der Waals surface area contributed by atoms with Crippen molar-refractivity contribution in [3.8, 4) is 0 Å². The molecule has 7 heteroatoms. The third-order valence-electron chi connectivity index (χ3n) is 4.30. The molecule has 120 valence electrons. The normalized spacial score (nSPS) is 13.8. The quantitative estimate of drug-likeness (QED) is 0.526. The molecule has 3 heterocycles. The van der Waals surface area contributed by atoms with Gasteiger partial charge in [-0.2, -0.15) is 0 Å². The predicted molar refractivity (Wildman–Crippen MR) is 88.9 cm³/mol. The molecule has 25 heavy (non-hydrogen) atoms. The van der Waals surface area contributed by atoms with E-state index in [4.69, 9.17) is 0 Å². The Morgan fingerprint density at radius 2 is 1.56 bits per heavy atom. The lowest BCUT2D eigenvalue weighted by atomic mass is 10.1. The molecular weight excluding hydrogens is 318 g/mol. The van der Waals surface area contributed by atoms with Crippen LogP contribution < -0.4 is 0 Å². The van der Waals surface area contributed by atoms with Crippen molar-refractivity contribution in [1.82, 2.24) is 24.5 Å². The summed E-state index contributed by atoms with van der Waals surface area (Å²) in [5.74, 6) is -0.238. The first kappa shape index (κ1) is 13.8. The van der Waals surface area contributed by atoms with Crippen molar-refractivity contribution in [2.24, 2.45) is 0 Å². The molecule has 0 unspecified atom stereocenters. The molecule has 0 spiro atoms. The van der Waals surface area contributed by atoms with Gasteiger partial charge in [0.1, 0.15) is 6.33 Å². The van der Waals surface area contributed by atoms with Gasteiger partial charge in [0.15, 0.2) is 11.5 Å². The van der Waals surface area contributed by atoms with E-state index in [1.165, 1.54) is 4.90 Å². The van der Waals surface area contributed by atoms with Crippen molar-refractivity contribution in [3.05, 3.63) is 71.8 Å². The van der Waals surface area contributed by atoms with E-state index < -0.39 is 0 Å². The third-order valence-corrected chi connectivity index (χ3v) is 4.30. The Morgan fingerprint density at radius 3 is 2.32 bits per heavy atom. The lowest BCUT2D eigenvalue weighted by Crippen LogP contribution is -2.29. The molecule has 2 aromatic heterocycles. The molecule has 0 atom stereocenters. The topological polar surface area (TPSA) is 80.5 Å². The number of aromatic nitrogens is 4. The van der Waals surface area contributed by atoms with Crippen LogP contribution in [0.5, 0.6) is 0 Å². The van der Waals surface area contributed by atoms with Crippen LogP contribution in [0.3, 0.4) is 0 Å². The van der Waals surface area contributed by atoms with Gasteiger partial charge in [-0.1, -0.05) is 24.3 Å². The molecule has 7 nitrogen and oxygen atoms in total. The van der Waals surface area contributed by atoms with Gasteiger partial charge in [-0.25, -0.2) is 14.5 Å². The van der Waals surface area contributed by atoms with Crippen LogP contribution in [-0.4, -0.2) is 36.3 Å². The zero-order valence-electron chi connectivity index (χ0n) is 13.0. The fourth-order valence-electron chi connectivity index (χ4n) is 3.12. The van der Waals surface area contributed by atoms with E-state index in [0.717, 1.165) is 10.9 Å². The summed E-state index contributed by atoms with van der Waals surface area (Å²) in [4.78, 5) is 34.9. The Bertz CT molecular complexity index is 1150. The van der Waals surface area contributed by atoms with Gasteiger partial charge in [-0.3, -0.25) is 14.5 Å². The number of nitrogens with zero attached hydrogens (tertiary/aromatic N) is 5. The number of carbonyl (C=O) groups excluding carboxylic acids is 2. The zero-order chi connectivity index (χ0) is 17.0. The summed E-state index contributed by atoms with van der Waals surface area (Å²) in [6, 6.07) is 14.4. The first-order valence-electron chi connectivity index (χ1n) is 7.76. The van der Waals surface area contributed by atoms with Gasteiger partial charge in [0, 0.05) is 5.39 Å². The van der Waals surface area contributed by atoms with E-state index in [0.29, 0.717) is 22.6 Å². The van der Waals surface area contributed by atoms with Crippen LogP contribution in [-0.2, 0) is 6.54 Å². The molecule has 0 fully saturated rings. The summed E-state index contributed by atoms with van der Waals surface area (Å²) in [7, 11) is 0. The molecule has 0 N–H and O–H groups in total. The number of imide groups is 1. The second-order valence-electron chi connectivity index (χ2n) is 5.80. The summed E-state index contributed by atoms with van der Waals surface area (Å²) in [6.07, 6.45) is 1.58. The molecule has 0 aliphatic carbocycles. The van der Waals surface area contributed by atoms with Crippen molar-refractivity contribution < 1.29 is 9.59 Å². The summed E-state index contributed by atoms with van der Waals surface area (Å²) < 4.78 is 1.57. The van der Waals surface area contributed by atoms with Crippen molar-refractivity contribution >= 4 is 28.4 Å². The molecular formula is C18H11N5O2. The van der Waals surface area contributed by atoms with Gasteiger partial charge >= 0.3 is 0 Å². The fraction of sp³-hybridized carbons (Fsp3) is 0.0556. The van der Waals surface area contributed by atoms with Crippen molar-refractivity contribution in [1.29, 1.82) is 0 Å². The molecule has 0 saturated carbocycles. The highest BCUT2D eigenvalue weighted by Crippen LogP contribution is 2.24. The molecule has 1 aliphatic rings. The summed E-state index contributed by atoms with van der Waals surface area (Å²) in [5.41, 5.74) is 2.30. The average molecular weight is 329 g/mol. The zero-order valence-corrected chi connectivity index (χ0v) is 13.0. The van der Waals surface area contributed by atoms with E-state index in [9.17, 15) is 9.59 Å². The highest BCUT2D eigenvalue weighted by Gasteiger charge is 2.35. The summed E-state index contributed by atoms with van der Waals surface area (Å²) in [6.45, 7) is 0.0301. The minimum Gasteiger partial charge on any atom is -0.269 e. The largest absolute Gasteiger partial charge is 0.269 e. The van der Waals surface area contributed by atoms with Crippen LogP contribution in [0.1, 0.15) is 26.5 Å². The molecule has 0 radical (unpaired) electrons. The van der Waals surface area contributed by atoms with Gasteiger partial charge in [0.25, 0.3) is 11.8 Å². The van der Waals surface area contributed by atoms with Crippen LogP contribution in [0.2, 0.25) is 0 Å². The maximum absolute atomic E-state index is 12.5. The molecule has 4 aromatic rings. The van der Waals surface area contributed by atoms with Crippen LogP contribution in [0, 0.1) is 0 Å². The number of carbonyl (C=O) groups is 2. The standard InChI is InChI=1S/C18H11N5O2/c24-17-11-5-1-2-6-12(11)18(25)22(17)9-15-20-16-13-7-3-4-8-14(13)19-10-23(16)21-15/h1-8,10H,9H2. The Morgan fingerprint density at radius 1 is 0.880 bits per heavy atom. The summed E-state index contributed by atoms with van der Waals surface area (Å²) >= 11 is 0. The average Bonchev–Trinajstić information content (AvgIpc) is 3.17. The Hall–Kier alpha value is -3.61. The second-order valence-corrected chi connectivity index (χ2v) is 5.80. The van der Waals surface area contributed by atoms with Crippen LogP contribution in [0.15, 0.2) is 54.9 Å². The number of hydrogen-bond acceptors (Lipinski definition) is 5. The maximum Gasteiger partial charge on any atom is 0.261 e. The van der Waals surface area contributed by atoms with Gasteiger partial charge < -0.3 is 0 Å². The van der Waals surface area contributed by atoms with Gasteiger partial charge in [-0.05, 0) is 24.3 Å². The third kappa shape index (κ3) is 1.96. The highest BCUT2D eigenvalue weighted by atomic mass is 16.2. The van der Waals surface area contributed by atoms with Gasteiger partial charge in [-0.15, -0.1) is 5.10 Å². The molecule has 0 saturated heterocycles. The van der Waals surface area contributed by atoms with Crippen molar-refractivity contribution in [3.63, 3.8) is 0 Å². The molecule has 5 rings (SSSR count). The maximum atomic E-state index is 12.5. The molecule has 1 aliphatic heterocycles. The first-order valence-corrected chi connectivity index (χ1v) is 7.76. The van der Waals surface area contributed by atoms with E-state index in [1.54, 1.807) is 35.1 Å². The predicted octanol–water partition coefficient (Wildman–Crippen LogP) is 2.07. The van der Waals surface area contributed by atoms with Crippen LogP contribution >= 0.6 is 0 Å². The second kappa shape index (κ2) is 4.94.